The molecule has 0 saturated heterocycles. The first-order valence-electron chi connectivity index (χ1n) is 10.5. The van der Waals surface area contributed by atoms with Crippen molar-refractivity contribution in [3.8, 4) is 5.75 Å². The van der Waals surface area contributed by atoms with Gasteiger partial charge in [-0.2, -0.15) is 0 Å². The van der Waals surface area contributed by atoms with Crippen LogP contribution in [0.25, 0.3) is 0 Å². The number of ether oxygens (including phenoxy) is 1. The third kappa shape index (κ3) is 6.61. The van der Waals surface area contributed by atoms with Crippen molar-refractivity contribution in [1.82, 2.24) is 10.2 Å². The molecule has 5 heteroatoms. The predicted molar refractivity (Wildman–Crippen MR) is 120 cm³/mol. The summed E-state index contributed by atoms with van der Waals surface area (Å²) in [4.78, 5) is 27.7. The van der Waals surface area contributed by atoms with Gasteiger partial charge in [0.25, 0.3) is 0 Å². The van der Waals surface area contributed by atoms with E-state index in [1.807, 2.05) is 70.2 Å². The maximum absolute atomic E-state index is 13.3. The van der Waals surface area contributed by atoms with E-state index in [-0.39, 0.29) is 18.2 Å². The monoisotopic (exact) mass is 410 g/mol. The molecule has 0 aliphatic rings. The molecule has 0 bridgehead atoms. The molecule has 0 spiro atoms. The van der Waals surface area contributed by atoms with Crippen LogP contribution in [0.5, 0.6) is 5.75 Å². The fourth-order valence-corrected chi connectivity index (χ4v) is 3.22. The SMILES string of the molecule is COc1ccc(CN(C(=O)Cc2cc(C)ccc2C)C(C)C(=O)NCC(C)C)cc1. The average Bonchev–Trinajstić information content (AvgIpc) is 2.72. The van der Waals surface area contributed by atoms with Crippen LogP contribution in [0.4, 0.5) is 0 Å². The molecule has 2 aromatic carbocycles. The summed E-state index contributed by atoms with van der Waals surface area (Å²) in [7, 11) is 1.62. The van der Waals surface area contributed by atoms with Crippen LogP contribution in [-0.4, -0.2) is 36.4 Å². The van der Waals surface area contributed by atoms with Gasteiger partial charge in [0, 0.05) is 13.1 Å². The van der Waals surface area contributed by atoms with Gasteiger partial charge in [-0.25, -0.2) is 0 Å². The van der Waals surface area contributed by atoms with Crippen LogP contribution in [0.2, 0.25) is 0 Å². The molecule has 0 aliphatic heterocycles. The number of nitrogens with one attached hydrogen (secondary N) is 1. The van der Waals surface area contributed by atoms with Crippen molar-refractivity contribution in [2.24, 2.45) is 5.92 Å². The predicted octanol–water partition coefficient (Wildman–Crippen LogP) is 4.04. The molecular formula is C25H34N2O3. The van der Waals surface area contributed by atoms with Crippen molar-refractivity contribution < 1.29 is 14.3 Å². The lowest BCUT2D eigenvalue weighted by molar-refractivity contribution is -0.140. The molecule has 1 unspecified atom stereocenters. The van der Waals surface area contributed by atoms with Crippen molar-refractivity contribution in [3.05, 3.63) is 64.7 Å². The maximum Gasteiger partial charge on any atom is 0.242 e. The highest BCUT2D eigenvalue weighted by Crippen LogP contribution is 2.18. The Balaban J connectivity index is 2.24. The zero-order valence-corrected chi connectivity index (χ0v) is 19.0. The van der Waals surface area contributed by atoms with Crippen LogP contribution in [0.1, 0.15) is 43.0 Å². The standard InChI is InChI=1S/C25H34N2O3/c1-17(2)15-26-25(29)20(5)27(16-21-9-11-23(30-6)12-10-21)24(28)14-22-13-18(3)7-8-19(22)4/h7-13,17,20H,14-16H2,1-6H3,(H,26,29). The van der Waals surface area contributed by atoms with Crippen LogP contribution in [0.3, 0.4) is 0 Å². The lowest BCUT2D eigenvalue weighted by Gasteiger charge is -2.29. The van der Waals surface area contributed by atoms with Crippen molar-refractivity contribution in [3.63, 3.8) is 0 Å². The molecule has 2 aromatic rings. The summed E-state index contributed by atoms with van der Waals surface area (Å²) in [5.41, 5.74) is 4.14. The van der Waals surface area contributed by atoms with Gasteiger partial charge < -0.3 is 15.0 Å². The molecule has 2 amide bonds. The summed E-state index contributed by atoms with van der Waals surface area (Å²) in [6.45, 7) is 10.9. The Kier molecular flexibility index (Phi) is 8.46. The van der Waals surface area contributed by atoms with Gasteiger partial charge in [-0.15, -0.1) is 0 Å². The van der Waals surface area contributed by atoms with Crippen molar-refractivity contribution >= 4 is 11.8 Å². The third-order valence-corrected chi connectivity index (χ3v) is 5.21. The van der Waals surface area contributed by atoms with Gasteiger partial charge in [0.15, 0.2) is 0 Å². The first kappa shape index (κ1) is 23.5. The van der Waals surface area contributed by atoms with Gasteiger partial charge in [-0.1, -0.05) is 49.7 Å². The minimum absolute atomic E-state index is 0.0632. The number of amides is 2. The Labute approximate surface area is 180 Å². The zero-order valence-electron chi connectivity index (χ0n) is 19.0. The second-order valence-corrected chi connectivity index (χ2v) is 8.29. The van der Waals surface area contributed by atoms with Gasteiger partial charge in [0.05, 0.1) is 13.5 Å². The second kappa shape index (κ2) is 10.8. The summed E-state index contributed by atoms with van der Waals surface area (Å²) >= 11 is 0. The molecule has 0 radical (unpaired) electrons. The van der Waals surface area contributed by atoms with Gasteiger partial charge in [0.2, 0.25) is 11.8 Å². The van der Waals surface area contributed by atoms with E-state index in [9.17, 15) is 9.59 Å². The number of hydrogen-bond donors (Lipinski definition) is 1. The molecule has 0 aliphatic carbocycles. The van der Waals surface area contributed by atoms with E-state index < -0.39 is 6.04 Å². The molecule has 0 aromatic heterocycles. The van der Waals surface area contributed by atoms with Gasteiger partial charge in [0.1, 0.15) is 11.8 Å². The minimum atomic E-state index is -0.566. The molecule has 0 fully saturated rings. The smallest absolute Gasteiger partial charge is 0.242 e. The summed E-state index contributed by atoms with van der Waals surface area (Å²) in [6.07, 6.45) is 0.269. The van der Waals surface area contributed by atoms with Crippen molar-refractivity contribution in [2.45, 2.75) is 53.6 Å². The Morgan fingerprint density at radius 1 is 1.03 bits per heavy atom. The number of carbonyl (C=O) groups is 2. The highest BCUT2D eigenvalue weighted by Gasteiger charge is 2.26. The van der Waals surface area contributed by atoms with Crippen molar-refractivity contribution in [1.29, 1.82) is 0 Å². The van der Waals surface area contributed by atoms with Crippen molar-refractivity contribution in [2.75, 3.05) is 13.7 Å². The van der Waals surface area contributed by atoms with E-state index in [2.05, 4.69) is 5.32 Å². The van der Waals surface area contributed by atoms with E-state index in [0.29, 0.717) is 19.0 Å². The fraction of sp³-hybridized carbons (Fsp3) is 0.440. The van der Waals surface area contributed by atoms with E-state index in [1.165, 1.54) is 0 Å². The summed E-state index contributed by atoms with van der Waals surface area (Å²) in [5, 5.41) is 2.95. The lowest BCUT2D eigenvalue weighted by atomic mass is 10.0. The van der Waals surface area contributed by atoms with Crippen LogP contribution >= 0.6 is 0 Å². The molecule has 30 heavy (non-hydrogen) atoms. The second-order valence-electron chi connectivity index (χ2n) is 8.29. The lowest BCUT2D eigenvalue weighted by Crippen LogP contribution is -2.48. The number of rotatable bonds is 9. The topological polar surface area (TPSA) is 58.6 Å². The van der Waals surface area contributed by atoms with Crippen LogP contribution in [-0.2, 0) is 22.6 Å². The Morgan fingerprint density at radius 3 is 2.30 bits per heavy atom. The molecule has 2 rings (SSSR count). The van der Waals surface area contributed by atoms with Crippen LogP contribution in [0, 0.1) is 19.8 Å². The van der Waals surface area contributed by atoms with Gasteiger partial charge >= 0.3 is 0 Å². The first-order valence-corrected chi connectivity index (χ1v) is 10.5. The molecular weight excluding hydrogens is 376 g/mol. The molecule has 0 saturated carbocycles. The summed E-state index contributed by atoms with van der Waals surface area (Å²) in [5.74, 6) is 0.912. The molecule has 162 valence electrons. The maximum atomic E-state index is 13.3. The van der Waals surface area contributed by atoms with E-state index in [4.69, 9.17) is 4.74 Å². The molecule has 5 nitrogen and oxygen atoms in total. The quantitative estimate of drug-likeness (QED) is 0.679. The molecule has 1 atom stereocenters. The van der Waals surface area contributed by atoms with Gasteiger partial charge in [-0.3, -0.25) is 9.59 Å². The molecule has 1 N–H and O–H groups in total. The van der Waals surface area contributed by atoms with Crippen LogP contribution in [0.15, 0.2) is 42.5 Å². The third-order valence-electron chi connectivity index (χ3n) is 5.21. The number of nitrogens with zero attached hydrogens (tertiary/aromatic N) is 1. The number of aryl methyl sites for hydroxylation is 2. The first-order chi connectivity index (χ1) is 14.2. The number of benzene rings is 2. The zero-order chi connectivity index (χ0) is 22.3. The fourth-order valence-electron chi connectivity index (χ4n) is 3.22. The van der Waals surface area contributed by atoms with E-state index >= 15 is 0 Å². The van der Waals surface area contributed by atoms with E-state index in [0.717, 1.165) is 28.0 Å². The normalized spacial score (nSPS) is 11.8. The number of hydrogen-bond acceptors (Lipinski definition) is 3. The average molecular weight is 411 g/mol. The number of carbonyl (C=O) groups excluding carboxylic acids is 2. The number of methoxy groups -OCH3 is 1. The molecule has 0 heterocycles. The van der Waals surface area contributed by atoms with Crippen LogP contribution < -0.4 is 10.1 Å². The largest absolute Gasteiger partial charge is 0.497 e. The summed E-state index contributed by atoms with van der Waals surface area (Å²) < 4.78 is 5.22. The van der Waals surface area contributed by atoms with E-state index in [1.54, 1.807) is 18.9 Å². The Morgan fingerprint density at radius 2 is 1.70 bits per heavy atom. The van der Waals surface area contributed by atoms with Gasteiger partial charge in [-0.05, 0) is 55.5 Å². The Bertz CT molecular complexity index is 859. The Hall–Kier alpha value is -2.82. The highest BCUT2D eigenvalue weighted by atomic mass is 16.5. The highest BCUT2D eigenvalue weighted by molar-refractivity contribution is 5.88. The summed E-state index contributed by atoms with van der Waals surface area (Å²) in [6, 6.07) is 13.1. The minimum Gasteiger partial charge on any atom is -0.497 e.